The number of ether oxygens (including phenoxy) is 1. The molecule has 0 fully saturated rings. The molecule has 0 aliphatic carbocycles. The summed E-state index contributed by atoms with van der Waals surface area (Å²) in [5.41, 5.74) is 9.19. The van der Waals surface area contributed by atoms with Crippen LogP contribution in [0.5, 0.6) is 5.75 Å². The predicted molar refractivity (Wildman–Crippen MR) is 68.0 cm³/mol. The van der Waals surface area contributed by atoms with Gasteiger partial charge in [0.05, 0.1) is 18.8 Å². The molecule has 2 aromatic rings. The molecule has 1 heterocycles. The van der Waals surface area contributed by atoms with Crippen molar-refractivity contribution in [2.24, 2.45) is 5.73 Å². The average Bonchev–Trinajstić information content (AvgIpc) is 2.39. The summed E-state index contributed by atoms with van der Waals surface area (Å²) in [4.78, 5) is 4.28. The second-order valence-corrected chi connectivity index (χ2v) is 3.98. The van der Waals surface area contributed by atoms with Crippen LogP contribution in [0.4, 0.5) is 0 Å². The van der Waals surface area contributed by atoms with Crippen LogP contribution in [0.2, 0.25) is 0 Å². The van der Waals surface area contributed by atoms with Crippen molar-refractivity contribution in [2.45, 2.75) is 13.0 Å². The number of methoxy groups -OCH3 is 1. The van der Waals surface area contributed by atoms with E-state index < -0.39 is 0 Å². The first-order chi connectivity index (χ1) is 8.22. The van der Waals surface area contributed by atoms with Gasteiger partial charge >= 0.3 is 0 Å². The van der Waals surface area contributed by atoms with Crippen molar-refractivity contribution >= 4 is 0 Å². The normalized spacial score (nSPS) is 12.2. The van der Waals surface area contributed by atoms with Gasteiger partial charge < -0.3 is 10.5 Å². The monoisotopic (exact) mass is 228 g/mol. The fourth-order valence-electron chi connectivity index (χ4n) is 1.82. The molecule has 2 rings (SSSR count). The number of pyridine rings is 1. The Morgan fingerprint density at radius 1 is 1.24 bits per heavy atom. The molecule has 1 unspecified atom stereocenters. The van der Waals surface area contributed by atoms with Crippen LogP contribution in [-0.2, 0) is 0 Å². The Hall–Kier alpha value is -1.87. The highest BCUT2D eigenvalue weighted by molar-refractivity contribution is 5.42. The Labute approximate surface area is 101 Å². The highest BCUT2D eigenvalue weighted by Crippen LogP contribution is 2.28. The van der Waals surface area contributed by atoms with E-state index in [2.05, 4.69) is 4.98 Å². The van der Waals surface area contributed by atoms with Crippen LogP contribution in [0.25, 0.3) is 0 Å². The van der Waals surface area contributed by atoms with Gasteiger partial charge in [0.2, 0.25) is 0 Å². The minimum Gasteiger partial charge on any atom is -0.496 e. The summed E-state index contributed by atoms with van der Waals surface area (Å²) >= 11 is 0. The molecule has 0 aliphatic rings. The first-order valence-corrected chi connectivity index (χ1v) is 5.53. The van der Waals surface area contributed by atoms with Crippen molar-refractivity contribution in [1.82, 2.24) is 4.98 Å². The predicted octanol–water partition coefficient (Wildman–Crippen LogP) is 2.45. The van der Waals surface area contributed by atoms with E-state index in [1.807, 2.05) is 43.3 Å². The number of aromatic nitrogens is 1. The van der Waals surface area contributed by atoms with Gasteiger partial charge in [-0.25, -0.2) is 0 Å². The summed E-state index contributed by atoms with van der Waals surface area (Å²) in [5, 5.41) is 0. The summed E-state index contributed by atoms with van der Waals surface area (Å²) in [6, 6.07) is 11.5. The fourth-order valence-corrected chi connectivity index (χ4v) is 1.82. The van der Waals surface area contributed by atoms with E-state index in [0.29, 0.717) is 0 Å². The third-order valence-electron chi connectivity index (χ3n) is 2.73. The summed E-state index contributed by atoms with van der Waals surface area (Å²) in [6.45, 7) is 2.04. The van der Waals surface area contributed by atoms with Gasteiger partial charge in [-0.3, -0.25) is 4.98 Å². The molecule has 2 N–H and O–H groups in total. The van der Waals surface area contributed by atoms with Crippen molar-refractivity contribution in [2.75, 3.05) is 7.11 Å². The number of benzene rings is 1. The summed E-state index contributed by atoms with van der Waals surface area (Å²) in [6.07, 6.45) is 1.75. The van der Waals surface area contributed by atoms with Crippen LogP contribution in [0.1, 0.15) is 22.9 Å². The smallest absolute Gasteiger partial charge is 0.124 e. The fraction of sp³-hybridized carbons (Fsp3) is 0.214. The van der Waals surface area contributed by atoms with Gasteiger partial charge in [-0.05, 0) is 25.1 Å². The molecule has 0 bridgehead atoms. The third kappa shape index (κ3) is 2.45. The molecule has 0 radical (unpaired) electrons. The van der Waals surface area contributed by atoms with E-state index in [0.717, 1.165) is 22.6 Å². The SMILES string of the molecule is COc1ccc(C)cc1C(N)c1ccccn1. The zero-order valence-corrected chi connectivity index (χ0v) is 10.1. The summed E-state index contributed by atoms with van der Waals surface area (Å²) < 4.78 is 5.34. The molecule has 88 valence electrons. The number of hydrogen-bond acceptors (Lipinski definition) is 3. The van der Waals surface area contributed by atoms with Crippen molar-refractivity contribution < 1.29 is 4.74 Å². The highest BCUT2D eigenvalue weighted by atomic mass is 16.5. The van der Waals surface area contributed by atoms with E-state index in [9.17, 15) is 0 Å². The highest BCUT2D eigenvalue weighted by Gasteiger charge is 2.14. The largest absolute Gasteiger partial charge is 0.496 e. The van der Waals surface area contributed by atoms with Crippen LogP contribution in [-0.4, -0.2) is 12.1 Å². The first-order valence-electron chi connectivity index (χ1n) is 5.53. The molecule has 1 aromatic heterocycles. The molecule has 0 amide bonds. The Morgan fingerprint density at radius 3 is 2.71 bits per heavy atom. The zero-order chi connectivity index (χ0) is 12.3. The van der Waals surface area contributed by atoms with E-state index in [-0.39, 0.29) is 6.04 Å². The Kier molecular flexibility index (Phi) is 3.40. The molecular weight excluding hydrogens is 212 g/mol. The number of nitrogens with two attached hydrogens (primary N) is 1. The van der Waals surface area contributed by atoms with Gasteiger partial charge in [0.15, 0.2) is 0 Å². The van der Waals surface area contributed by atoms with Crippen LogP contribution in [0.15, 0.2) is 42.6 Å². The molecule has 1 atom stereocenters. The van der Waals surface area contributed by atoms with E-state index in [1.54, 1.807) is 13.3 Å². The van der Waals surface area contributed by atoms with Crippen LogP contribution in [0.3, 0.4) is 0 Å². The van der Waals surface area contributed by atoms with Crippen molar-refractivity contribution in [1.29, 1.82) is 0 Å². The van der Waals surface area contributed by atoms with E-state index in [1.165, 1.54) is 0 Å². The maximum Gasteiger partial charge on any atom is 0.124 e. The summed E-state index contributed by atoms with van der Waals surface area (Å²) in [5.74, 6) is 0.800. The van der Waals surface area contributed by atoms with Crippen molar-refractivity contribution in [3.05, 3.63) is 59.4 Å². The minimum atomic E-state index is -0.258. The molecule has 0 aliphatic heterocycles. The molecule has 0 spiro atoms. The quantitative estimate of drug-likeness (QED) is 0.877. The molecular formula is C14H16N2O. The number of nitrogens with zero attached hydrogens (tertiary/aromatic N) is 1. The Balaban J connectivity index is 2.43. The third-order valence-corrected chi connectivity index (χ3v) is 2.73. The number of hydrogen-bond donors (Lipinski definition) is 1. The summed E-state index contributed by atoms with van der Waals surface area (Å²) in [7, 11) is 1.65. The van der Waals surface area contributed by atoms with Gasteiger partial charge in [-0.2, -0.15) is 0 Å². The topological polar surface area (TPSA) is 48.1 Å². The number of rotatable bonds is 3. The molecule has 0 saturated heterocycles. The maximum absolute atomic E-state index is 6.22. The van der Waals surface area contributed by atoms with Gasteiger partial charge in [-0.1, -0.05) is 23.8 Å². The van der Waals surface area contributed by atoms with Crippen LogP contribution in [0, 0.1) is 6.92 Å². The molecule has 3 nitrogen and oxygen atoms in total. The molecule has 1 aromatic carbocycles. The molecule has 0 saturated carbocycles. The van der Waals surface area contributed by atoms with Crippen LogP contribution < -0.4 is 10.5 Å². The van der Waals surface area contributed by atoms with Crippen molar-refractivity contribution in [3.63, 3.8) is 0 Å². The maximum atomic E-state index is 6.22. The lowest BCUT2D eigenvalue weighted by atomic mass is 10.0. The average molecular weight is 228 g/mol. The lowest BCUT2D eigenvalue weighted by Crippen LogP contribution is -2.14. The zero-order valence-electron chi connectivity index (χ0n) is 10.1. The Morgan fingerprint density at radius 2 is 2.06 bits per heavy atom. The van der Waals surface area contributed by atoms with E-state index >= 15 is 0 Å². The standard InChI is InChI=1S/C14H16N2O/c1-10-6-7-13(17-2)11(9-10)14(15)12-5-3-4-8-16-12/h3-9,14H,15H2,1-2H3. The van der Waals surface area contributed by atoms with Gasteiger partial charge in [0.1, 0.15) is 5.75 Å². The lowest BCUT2D eigenvalue weighted by molar-refractivity contribution is 0.407. The molecule has 3 heteroatoms. The second kappa shape index (κ2) is 4.97. The van der Waals surface area contributed by atoms with Gasteiger partial charge in [0, 0.05) is 11.8 Å². The van der Waals surface area contributed by atoms with Crippen LogP contribution >= 0.6 is 0 Å². The van der Waals surface area contributed by atoms with Crippen molar-refractivity contribution in [3.8, 4) is 5.75 Å². The van der Waals surface area contributed by atoms with Gasteiger partial charge in [-0.15, -0.1) is 0 Å². The second-order valence-electron chi connectivity index (χ2n) is 3.98. The minimum absolute atomic E-state index is 0.258. The van der Waals surface area contributed by atoms with Gasteiger partial charge in [0.25, 0.3) is 0 Å². The van der Waals surface area contributed by atoms with E-state index in [4.69, 9.17) is 10.5 Å². The lowest BCUT2D eigenvalue weighted by Gasteiger charge is -2.15. The first kappa shape index (κ1) is 11.6. The Bertz CT molecular complexity index is 497. The number of aryl methyl sites for hydroxylation is 1. The molecule has 17 heavy (non-hydrogen) atoms.